The number of benzene rings is 5. The van der Waals surface area contributed by atoms with Crippen LogP contribution in [0.3, 0.4) is 0 Å². The first-order valence-electron chi connectivity index (χ1n) is 19.0. The predicted octanol–water partition coefficient (Wildman–Crippen LogP) is 9.13. The zero-order chi connectivity index (χ0) is 40.2. The van der Waals surface area contributed by atoms with E-state index >= 15 is 17.6 Å². The standard InChI is InChI=1S/C33H20BF10NO2.2C4H8O/c35-22-20(23(36)27(40)30(43)26(22)39)34(21-24(37)28(41)31(44)29(42)25(21)38)46-32-17-4-2-1-3-16(17)19-13-15(5-6-18(19)33(32)47-34)45-10-7-14(8-11-45)9-12-45;2*1-2-4-5-3-1/h1-6,13-14H,7-12H2;2*1-4H2. The van der Waals surface area contributed by atoms with Gasteiger partial charge in [0, 0.05) is 62.5 Å². The van der Waals surface area contributed by atoms with Crippen molar-refractivity contribution in [3.8, 4) is 11.5 Å². The number of fused-ring (bicyclic) bond motifs is 9. The Morgan fingerprint density at radius 1 is 0.456 bits per heavy atom. The summed E-state index contributed by atoms with van der Waals surface area (Å²) in [7, 11) is 0. The molecule has 6 aliphatic heterocycles. The lowest BCUT2D eigenvalue weighted by molar-refractivity contribution is 0.115. The number of quaternary nitrogens is 1. The fraction of sp³-hybridized carbons (Fsp3) is 0.366. The lowest BCUT2D eigenvalue weighted by atomic mass is 9.45. The normalized spacial score (nSPS) is 21.8. The van der Waals surface area contributed by atoms with Gasteiger partial charge < -0.3 is 18.8 Å². The summed E-state index contributed by atoms with van der Waals surface area (Å²) in [4.78, 5) is 0. The van der Waals surface area contributed by atoms with E-state index in [2.05, 4.69) is 0 Å². The number of rotatable bonds is 3. The Morgan fingerprint density at radius 3 is 1.25 bits per heavy atom. The molecule has 5 saturated heterocycles. The van der Waals surface area contributed by atoms with Crippen molar-refractivity contribution in [2.24, 2.45) is 5.92 Å². The summed E-state index contributed by atoms with van der Waals surface area (Å²) in [6.07, 6.45) is 8.22. The minimum Gasteiger partial charge on any atom is -0.673 e. The zero-order valence-corrected chi connectivity index (χ0v) is 30.5. The molecule has 0 atom stereocenters. The Balaban J connectivity index is 0.000000398. The quantitative estimate of drug-likeness (QED) is 0.0456. The van der Waals surface area contributed by atoms with E-state index in [0.717, 1.165) is 71.0 Å². The van der Waals surface area contributed by atoms with Gasteiger partial charge in [-0.25, -0.2) is 43.9 Å². The molecule has 0 aliphatic carbocycles. The lowest BCUT2D eigenvalue weighted by Gasteiger charge is -2.48. The first kappa shape index (κ1) is 39.3. The van der Waals surface area contributed by atoms with E-state index in [-0.39, 0.29) is 10.8 Å². The van der Waals surface area contributed by atoms with Gasteiger partial charge in [-0.2, -0.15) is 0 Å². The third-order valence-electron chi connectivity index (χ3n) is 11.8. The molecule has 5 aromatic rings. The fourth-order valence-corrected chi connectivity index (χ4v) is 8.76. The van der Waals surface area contributed by atoms with Gasteiger partial charge in [0.2, 0.25) is 0 Å². The number of nitrogens with zero attached hydrogens (tertiary/aromatic N) is 1. The highest BCUT2D eigenvalue weighted by Crippen LogP contribution is 2.51. The third kappa shape index (κ3) is 6.47. The van der Waals surface area contributed by atoms with E-state index < -0.39 is 87.1 Å². The molecule has 0 radical (unpaired) electrons. The highest BCUT2D eigenvalue weighted by Gasteiger charge is 2.52. The van der Waals surface area contributed by atoms with Crippen molar-refractivity contribution in [1.82, 2.24) is 4.48 Å². The van der Waals surface area contributed by atoms with E-state index in [4.69, 9.17) is 18.8 Å². The van der Waals surface area contributed by atoms with Crippen LogP contribution in [0.4, 0.5) is 49.6 Å². The van der Waals surface area contributed by atoms with Crippen molar-refractivity contribution in [2.45, 2.75) is 44.9 Å². The van der Waals surface area contributed by atoms with Crippen LogP contribution in [-0.2, 0) is 9.47 Å². The zero-order valence-electron chi connectivity index (χ0n) is 30.5. The van der Waals surface area contributed by atoms with Gasteiger partial charge in [0.1, 0.15) is 40.5 Å². The monoisotopic (exact) mass is 807 g/mol. The predicted molar refractivity (Wildman–Crippen MR) is 194 cm³/mol. The average molecular weight is 808 g/mol. The molecule has 6 heterocycles. The number of hydrogen-bond donors (Lipinski definition) is 0. The van der Waals surface area contributed by atoms with Crippen LogP contribution in [0.5, 0.6) is 11.5 Å². The first-order chi connectivity index (χ1) is 27.4. The molecule has 16 heteroatoms. The maximum absolute atomic E-state index is 15.5. The Kier molecular flexibility index (Phi) is 10.6. The van der Waals surface area contributed by atoms with Crippen LogP contribution in [0.25, 0.3) is 21.5 Å². The Morgan fingerprint density at radius 2 is 0.842 bits per heavy atom. The molecule has 6 aliphatic rings. The van der Waals surface area contributed by atoms with Crippen LogP contribution in [-0.4, -0.2) is 52.6 Å². The molecule has 0 amide bonds. The topological polar surface area (TPSA) is 36.9 Å². The minimum atomic E-state index is -4.91. The van der Waals surface area contributed by atoms with Crippen LogP contribution in [0.2, 0.25) is 0 Å². The van der Waals surface area contributed by atoms with Gasteiger partial charge in [-0.3, -0.25) is 4.48 Å². The second-order valence-corrected chi connectivity index (χ2v) is 15.0. The van der Waals surface area contributed by atoms with Crippen molar-refractivity contribution in [3.63, 3.8) is 0 Å². The molecule has 0 aromatic heterocycles. The molecule has 5 aromatic carbocycles. The highest BCUT2D eigenvalue weighted by molar-refractivity contribution is 6.94. The van der Waals surface area contributed by atoms with Crippen LogP contribution in [0.1, 0.15) is 44.9 Å². The molecule has 0 spiro atoms. The number of piperidine rings is 3. The summed E-state index contributed by atoms with van der Waals surface area (Å²) in [6.45, 7) is 1.77. The molecule has 11 rings (SSSR count). The minimum absolute atomic E-state index is 0.126. The first-order valence-corrected chi connectivity index (χ1v) is 19.0. The molecule has 0 saturated carbocycles. The number of halogens is 10. The summed E-state index contributed by atoms with van der Waals surface area (Å²) in [6, 6.07) is 11.5. The van der Waals surface area contributed by atoms with Gasteiger partial charge in [-0.1, -0.05) is 24.3 Å². The summed E-state index contributed by atoms with van der Waals surface area (Å²) >= 11 is 0. The summed E-state index contributed by atoms with van der Waals surface area (Å²) in [5.41, 5.74) is -3.16. The van der Waals surface area contributed by atoms with Crippen molar-refractivity contribution in [2.75, 3.05) is 46.1 Å². The van der Waals surface area contributed by atoms with Gasteiger partial charge in [0.15, 0.2) is 34.9 Å². The molecule has 5 nitrogen and oxygen atoms in total. The van der Waals surface area contributed by atoms with Gasteiger partial charge in [0.05, 0.1) is 19.6 Å². The fourth-order valence-electron chi connectivity index (χ4n) is 8.76. The van der Waals surface area contributed by atoms with E-state index in [1.165, 1.54) is 37.8 Å². The second kappa shape index (κ2) is 15.3. The molecule has 302 valence electrons. The van der Waals surface area contributed by atoms with Crippen LogP contribution < -0.4 is 24.7 Å². The summed E-state index contributed by atoms with van der Waals surface area (Å²) in [5.74, 6) is -26.3. The van der Waals surface area contributed by atoms with Gasteiger partial charge in [0.25, 0.3) is 0 Å². The number of ether oxygens (including phenoxy) is 2. The Labute approximate surface area is 320 Å². The molecule has 0 N–H and O–H groups in total. The lowest BCUT2D eigenvalue weighted by Crippen LogP contribution is -2.70. The van der Waals surface area contributed by atoms with E-state index in [9.17, 15) is 26.3 Å². The van der Waals surface area contributed by atoms with Crippen molar-refractivity contribution in [3.05, 3.63) is 101 Å². The second-order valence-electron chi connectivity index (χ2n) is 15.0. The maximum atomic E-state index is 15.5. The summed E-state index contributed by atoms with van der Waals surface area (Å²) in [5, 5.41) is 1.21. The van der Waals surface area contributed by atoms with Crippen molar-refractivity contribution >= 4 is 44.7 Å². The largest absolute Gasteiger partial charge is 0.673 e. The Bertz CT molecular complexity index is 2210. The van der Waals surface area contributed by atoms with Crippen molar-refractivity contribution in [1.29, 1.82) is 0 Å². The van der Waals surface area contributed by atoms with Crippen LogP contribution in [0, 0.1) is 64.1 Å². The molecule has 0 unspecified atom stereocenters. The van der Waals surface area contributed by atoms with Gasteiger partial charge in [-0.05, 0) is 65.4 Å². The van der Waals surface area contributed by atoms with Crippen LogP contribution >= 0.6 is 0 Å². The van der Waals surface area contributed by atoms with Crippen molar-refractivity contribution < 1.29 is 62.7 Å². The number of hydrogen-bond acceptors (Lipinski definition) is 4. The smallest absolute Gasteiger partial charge is 0.418 e. The van der Waals surface area contributed by atoms with E-state index in [1.54, 1.807) is 24.3 Å². The van der Waals surface area contributed by atoms with Crippen LogP contribution in [0.15, 0.2) is 42.5 Å². The van der Waals surface area contributed by atoms with Gasteiger partial charge in [-0.15, -0.1) is 0 Å². The third-order valence-corrected chi connectivity index (χ3v) is 11.8. The molecule has 5 fully saturated rings. The SMILES string of the molecule is C1CCOC1.C1CCOC1.Fc1c(F)c(F)c([B-]2(c3c(F)c(F)c(F)c(F)c3F)Oc3c(c4ccc([N+]56CCC(CC5)CC6)cc4c4ccccc34)O2)c(F)c1F. The van der Waals surface area contributed by atoms with Gasteiger partial charge >= 0.3 is 6.55 Å². The molecular formula is C41H36BF10NO4. The van der Waals surface area contributed by atoms with E-state index in [0.29, 0.717) is 21.2 Å². The van der Waals surface area contributed by atoms with E-state index in [1.807, 2.05) is 6.07 Å². The molecular weight excluding hydrogens is 771 g/mol. The Hall–Kier alpha value is -4.54. The maximum Gasteiger partial charge on any atom is 0.418 e. The molecule has 2 bridgehead atoms. The molecule has 57 heavy (non-hydrogen) atoms. The summed E-state index contributed by atoms with van der Waals surface area (Å²) < 4.78 is 171. The highest BCUT2D eigenvalue weighted by atomic mass is 19.2. The average Bonchev–Trinajstić information content (AvgIpc) is 4.08.